The van der Waals surface area contributed by atoms with E-state index in [-0.39, 0.29) is 23.9 Å². The second-order valence-electron chi connectivity index (χ2n) is 8.16. The number of piperidine rings is 1. The number of sulfonamides is 1. The lowest BCUT2D eigenvalue weighted by Gasteiger charge is -2.42. The van der Waals surface area contributed by atoms with Crippen molar-refractivity contribution in [2.75, 3.05) is 12.8 Å². The van der Waals surface area contributed by atoms with Gasteiger partial charge in [-0.3, -0.25) is 4.79 Å². The van der Waals surface area contributed by atoms with Crippen molar-refractivity contribution < 1.29 is 13.2 Å². The zero-order valence-corrected chi connectivity index (χ0v) is 18.2. The summed E-state index contributed by atoms with van der Waals surface area (Å²) in [7, 11) is -3.36. The highest BCUT2D eigenvalue weighted by Crippen LogP contribution is 2.26. The second kappa shape index (κ2) is 9.09. The molecule has 156 valence electrons. The molecule has 3 rings (SSSR count). The van der Waals surface area contributed by atoms with E-state index in [4.69, 9.17) is 0 Å². The van der Waals surface area contributed by atoms with Gasteiger partial charge in [-0.15, -0.1) is 0 Å². The van der Waals surface area contributed by atoms with E-state index in [2.05, 4.69) is 35.1 Å². The van der Waals surface area contributed by atoms with Crippen LogP contribution in [0.4, 0.5) is 0 Å². The van der Waals surface area contributed by atoms with Gasteiger partial charge in [-0.2, -0.15) is 0 Å². The fraction of sp³-hybridized carbons (Fsp3) is 0.435. The topological polar surface area (TPSA) is 66.5 Å². The Morgan fingerprint density at radius 2 is 1.79 bits per heavy atom. The quantitative estimate of drug-likeness (QED) is 0.787. The summed E-state index contributed by atoms with van der Waals surface area (Å²) >= 11 is 0. The number of carbonyl (C=O) groups excluding carboxylic acids is 1. The molecule has 2 unspecified atom stereocenters. The van der Waals surface area contributed by atoms with Gasteiger partial charge in [0.15, 0.2) is 0 Å². The standard InChI is InChI=1S/C23H30N2O3S/c1-17(2)23(26)25-14-8-13-21(24-29(3,27)28)22(25)16-18-9-7-12-20(15-18)19-10-5-4-6-11-19/h4-7,9-12,15,17,21-22,24H,8,13-14,16H2,1-3H3. The Morgan fingerprint density at radius 3 is 2.45 bits per heavy atom. The molecular weight excluding hydrogens is 384 g/mol. The van der Waals surface area contributed by atoms with Crippen LogP contribution in [0.3, 0.4) is 0 Å². The van der Waals surface area contributed by atoms with Crippen LogP contribution >= 0.6 is 0 Å². The number of hydrogen-bond donors (Lipinski definition) is 1. The van der Waals surface area contributed by atoms with Crippen LogP contribution in [0, 0.1) is 5.92 Å². The summed E-state index contributed by atoms with van der Waals surface area (Å²) in [6, 6.07) is 18.0. The van der Waals surface area contributed by atoms with Gasteiger partial charge in [0.1, 0.15) is 0 Å². The lowest BCUT2D eigenvalue weighted by atomic mass is 9.89. The van der Waals surface area contributed by atoms with Gasteiger partial charge in [-0.1, -0.05) is 68.4 Å². The number of benzene rings is 2. The third-order valence-corrected chi connectivity index (χ3v) is 6.13. The minimum absolute atomic E-state index is 0.0780. The van der Waals surface area contributed by atoms with Gasteiger partial charge < -0.3 is 4.90 Å². The van der Waals surface area contributed by atoms with E-state index in [1.807, 2.05) is 43.0 Å². The van der Waals surface area contributed by atoms with Crippen LogP contribution in [-0.2, 0) is 21.2 Å². The molecule has 1 aliphatic heterocycles. The Morgan fingerprint density at radius 1 is 1.10 bits per heavy atom. The molecule has 0 aromatic heterocycles. The number of rotatable bonds is 6. The maximum absolute atomic E-state index is 12.8. The van der Waals surface area contributed by atoms with Crippen molar-refractivity contribution in [1.29, 1.82) is 0 Å². The first-order valence-electron chi connectivity index (χ1n) is 10.2. The maximum Gasteiger partial charge on any atom is 0.225 e. The Hall–Kier alpha value is -2.18. The molecule has 1 fully saturated rings. The zero-order valence-electron chi connectivity index (χ0n) is 17.3. The van der Waals surface area contributed by atoms with E-state index in [9.17, 15) is 13.2 Å². The monoisotopic (exact) mass is 414 g/mol. The summed E-state index contributed by atoms with van der Waals surface area (Å²) in [5.74, 6) is -0.0423. The summed E-state index contributed by atoms with van der Waals surface area (Å²) in [4.78, 5) is 14.7. The summed E-state index contributed by atoms with van der Waals surface area (Å²) in [5, 5.41) is 0. The van der Waals surface area contributed by atoms with Crippen LogP contribution in [0.5, 0.6) is 0 Å². The molecule has 2 aromatic carbocycles. The molecule has 1 N–H and O–H groups in total. The van der Waals surface area contributed by atoms with Crippen LogP contribution in [0.15, 0.2) is 54.6 Å². The molecule has 1 heterocycles. The molecule has 1 amide bonds. The van der Waals surface area contributed by atoms with Crippen LogP contribution in [-0.4, -0.2) is 44.1 Å². The minimum atomic E-state index is -3.36. The number of nitrogens with zero attached hydrogens (tertiary/aromatic N) is 1. The van der Waals surface area contributed by atoms with E-state index in [0.717, 1.165) is 29.5 Å². The average Bonchev–Trinajstić information content (AvgIpc) is 2.68. The lowest BCUT2D eigenvalue weighted by Crippen LogP contribution is -2.58. The van der Waals surface area contributed by atoms with Crippen molar-refractivity contribution in [3.63, 3.8) is 0 Å². The van der Waals surface area contributed by atoms with E-state index >= 15 is 0 Å². The van der Waals surface area contributed by atoms with Crippen LogP contribution in [0.1, 0.15) is 32.3 Å². The fourth-order valence-electron chi connectivity index (χ4n) is 4.08. The summed E-state index contributed by atoms with van der Waals surface area (Å²) < 4.78 is 26.6. The first-order chi connectivity index (χ1) is 13.7. The summed E-state index contributed by atoms with van der Waals surface area (Å²) in [5.41, 5.74) is 3.35. The third-order valence-electron chi connectivity index (χ3n) is 5.40. The molecular formula is C23H30N2O3S. The van der Waals surface area contributed by atoms with Crippen molar-refractivity contribution in [1.82, 2.24) is 9.62 Å². The molecule has 5 nitrogen and oxygen atoms in total. The highest BCUT2D eigenvalue weighted by atomic mass is 32.2. The molecule has 0 aliphatic carbocycles. The molecule has 1 aliphatic rings. The van der Waals surface area contributed by atoms with Gasteiger partial charge in [0.05, 0.1) is 12.3 Å². The zero-order chi connectivity index (χ0) is 21.0. The fourth-order valence-corrected chi connectivity index (χ4v) is 4.90. The number of amides is 1. The Bertz CT molecular complexity index is 942. The highest BCUT2D eigenvalue weighted by Gasteiger charge is 2.36. The number of hydrogen-bond acceptors (Lipinski definition) is 3. The van der Waals surface area contributed by atoms with Crippen molar-refractivity contribution in [3.05, 3.63) is 60.2 Å². The SMILES string of the molecule is CC(C)C(=O)N1CCCC(NS(C)(=O)=O)C1Cc1cccc(-c2ccccc2)c1. The smallest absolute Gasteiger partial charge is 0.225 e. The van der Waals surface area contributed by atoms with Crippen LogP contribution in [0.25, 0.3) is 11.1 Å². The lowest BCUT2D eigenvalue weighted by molar-refractivity contribution is -0.138. The number of nitrogens with one attached hydrogen (secondary N) is 1. The van der Waals surface area contributed by atoms with Gasteiger partial charge in [0, 0.05) is 18.5 Å². The van der Waals surface area contributed by atoms with Crippen LogP contribution < -0.4 is 4.72 Å². The molecule has 0 bridgehead atoms. The predicted molar refractivity (Wildman–Crippen MR) is 117 cm³/mol. The predicted octanol–water partition coefficient (Wildman–Crippen LogP) is 3.46. The number of carbonyl (C=O) groups is 1. The molecule has 0 radical (unpaired) electrons. The van der Waals surface area contributed by atoms with Crippen LogP contribution in [0.2, 0.25) is 0 Å². The van der Waals surface area contributed by atoms with Gasteiger partial charge in [-0.25, -0.2) is 13.1 Å². The maximum atomic E-state index is 12.8. The Balaban J connectivity index is 1.91. The van der Waals surface area contributed by atoms with Gasteiger partial charge in [0.25, 0.3) is 0 Å². The molecule has 2 aromatic rings. The normalized spacial score (nSPS) is 20.1. The molecule has 29 heavy (non-hydrogen) atoms. The molecule has 1 saturated heterocycles. The molecule has 6 heteroatoms. The summed E-state index contributed by atoms with van der Waals surface area (Å²) in [6.45, 7) is 4.45. The Labute approximate surface area is 174 Å². The number of likely N-dealkylation sites (tertiary alicyclic amines) is 1. The van der Waals surface area contributed by atoms with Gasteiger partial charge in [0.2, 0.25) is 15.9 Å². The summed E-state index contributed by atoms with van der Waals surface area (Å²) in [6.07, 6.45) is 3.33. The van der Waals surface area contributed by atoms with Gasteiger partial charge >= 0.3 is 0 Å². The first-order valence-corrected chi connectivity index (χ1v) is 12.1. The van der Waals surface area contributed by atoms with Crippen molar-refractivity contribution in [3.8, 4) is 11.1 Å². The average molecular weight is 415 g/mol. The van der Waals surface area contributed by atoms with E-state index in [0.29, 0.717) is 13.0 Å². The molecule has 2 atom stereocenters. The largest absolute Gasteiger partial charge is 0.338 e. The Kier molecular flexibility index (Phi) is 6.75. The third kappa shape index (κ3) is 5.67. The van der Waals surface area contributed by atoms with E-state index < -0.39 is 10.0 Å². The van der Waals surface area contributed by atoms with Gasteiger partial charge in [-0.05, 0) is 36.0 Å². The second-order valence-corrected chi connectivity index (χ2v) is 9.94. The molecule has 0 spiro atoms. The van der Waals surface area contributed by atoms with E-state index in [1.165, 1.54) is 6.26 Å². The highest BCUT2D eigenvalue weighted by molar-refractivity contribution is 7.88. The first kappa shape index (κ1) is 21.5. The van der Waals surface area contributed by atoms with Crippen molar-refractivity contribution in [2.45, 2.75) is 45.2 Å². The van der Waals surface area contributed by atoms with Crippen molar-refractivity contribution >= 4 is 15.9 Å². The molecule has 0 saturated carbocycles. The minimum Gasteiger partial charge on any atom is -0.338 e. The van der Waals surface area contributed by atoms with Crippen molar-refractivity contribution in [2.24, 2.45) is 5.92 Å². The van der Waals surface area contributed by atoms with E-state index in [1.54, 1.807) is 0 Å².